The summed E-state index contributed by atoms with van der Waals surface area (Å²) in [6.07, 6.45) is 7.89. The summed E-state index contributed by atoms with van der Waals surface area (Å²) in [5.74, 6) is -0.289. The summed E-state index contributed by atoms with van der Waals surface area (Å²) in [6.45, 7) is 4.79. The van der Waals surface area contributed by atoms with Gasteiger partial charge in [0.2, 0.25) is 5.91 Å². The van der Waals surface area contributed by atoms with Crippen molar-refractivity contribution in [2.75, 3.05) is 13.1 Å². The molecule has 1 amide bonds. The summed E-state index contributed by atoms with van der Waals surface area (Å²) in [6, 6.07) is 6.90. The molecule has 2 aromatic rings. The predicted octanol–water partition coefficient (Wildman–Crippen LogP) is 2.55. The Morgan fingerprint density at radius 3 is 3.04 bits per heavy atom. The van der Waals surface area contributed by atoms with Crippen LogP contribution in [0.1, 0.15) is 30.9 Å². The van der Waals surface area contributed by atoms with Crippen LogP contribution in [0.4, 0.5) is 0 Å². The Kier molecular flexibility index (Phi) is 3.49. The molecule has 4 nitrogen and oxygen atoms in total. The Morgan fingerprint density at radius 2 is 2.26 bits per heavy atom. The lowest BCUT2D eigenvalue weighted by Gasteiger charge is -2.39. The fourth-order valence-electron chi connectivity index (χ4n) is 4.30. The molecule has 0 saturated carbocycles. The molecule has 23 heavy (non-hydrogen) atoms. The number of hydrogen-bond acceptors (Lipinski definition) is 2. The minimum Gasteiger partial charge on any atom is -0.368 e. The van der Waals surface area contributed by atoms with Gasteiger partial charge in [0.05, 0.1) is 0 Å². The van der Waals surface area contributed by atoms with E-state index in [9.17, 15) is 4.79 Å². The second kappa shape index (κ2) is 5.53. The molecular formula is C19H23N3O. The number of aromatic nitrogens is 1. The largest absolute Gasteiger partial charge is 0.368 e. The van der Waals surface area contributed by atoms with E-state index in [0.29, 0.717) is 6.04 Å². The quantitative estimate of drug-likeness (QED) is 0.943. The first kappa shape index (κ1) is 14.5. The third-order valence-corrected chi connectivity index (χ3v) is 5.13. The number of nitrogens with zero attached hydrogens (tertiary/aromatic N) is 2. The van der Waals surface area contributed by atoms with Crippen LogP contribution in [0.15, 0.2) is 30.5 Å². The molecule has 2 heterocycles. The Morgan fingerprint density at radius 1 is 1.39 bits per heavy atom. The van der Waals surface area contributed by atoms with Crippen molar-refractivity contribution in [3.05, 3.63) is 41.6 Å². The summed E-state index contributed by atoms with van der Waals surface area (Å²) in [5, 5.41) is 1.31. The highest BCUT2D eigenvalue weighted by atomic mass is 16.1. The smallest absolute Gasteiger partial charge is 0.237 e. The molecule has 0 bridgehead atoms. The van der Waals surface area contributed by atoms with Crippen LogP contribution in [0.2, 0.25) is 0 Å². The lowest BCUT2D eigenvalue weighted by atomic mass is 9.81. The van der Waals surface area contributed by atoms with E-state index in [-0.39, 0.29) is 12.5 Å². The highest BCUT2D eigenvalue weighted by Crippen LogP contribution is 2.41. The van der Waals surface area contributed by atoms with Crippen molar-refractivity contribution in [1.82, 2.24) is 9.47 Å². The first-order valence-corrected chi connectivity index (χ1v) is 8.52. The minimum atomic E-state index is -0.289. The van der Waals surface area contributed by atoms with Gasteiger partial charge in [-0.3, -0.25) is 9.69 Å². The molecule has 4 rings (SSSR count). The average molecular weight is 309 g/mol. The Balaban J connectivity index is 1.85. The van der Waals surface area contributed by atoms with Crippen LogP contribution in [-0.2, 0) is 17.8 Å². The zero-order chi connectivity index (χ0) is 16.0. The summed E-state index contributed by atoms with van der Waals surface area (Å²) in [5.41, 5.74) is 10.7. The van der Waals surface area contributed by atoms with E-state index in [0.717, 1.165) is 31.4 Å². The van der Waals surface area contributed by atoms with Crippen LogP contribution in [-0.4, -0.2) is 34.5 Å². The van der Waals surface area contributed by atoms with Gasteiger partial charge in [0.1, 0.15) is 6.54 Å². The summed E-state index contributed by atoms with van der Waals surface area (Å²) >= 11 is 0. The number of benzene rings is 1. The number of primary amides is 1. The number of amides is 1. The topological polar surface area (TPSA) is 51.3 Å². The van der Waals surface area contributed by atoms with Gasteiger partial charge in [-0.2, -0.15) is 0 Å². The zero-order valence-electron chi connectivity index (χ0n) is 13.6. The number of rotatable bonds is 4. The Bertz CT molecular complexity index is 802. The van der Waals surface area contributed by atoms with Gasteiger partial charge in [-0.25, -0.2) is 0 Å². The number of nitrogens with two attached hydrogens (primary N) is 1. The maximum absolute atomic E-state index is 11.4. The zero-order valence-corrected chi connectivity index (χ0v) is 13.6. The van der Waals surface area contributed by atoms with Crippen molar-refractivity contribution in [3.63, 3.8) is 0 Å². The van der Waals surface area contributed by atoms with E-state index >= 15 is 0 Å². The second-order valence-corrected chi connectivity index (χ2v) is 6.65. The SMILES string of the molecule is CCCN1CCC=C2c3cccc4c3c(cn4CC(N)=O)C[C@H]21. The summed E-state index contributed by atoms with van der Waals surface area (Å²) in [7, 11) is 0. The average Bonchev–Trinajstić information content (AvgIpc) is 2.87. The predicted molar refractivity (Wildman–Crippen MR) is 93.1 cm³/mol. The molecule has 0 spiro atoms. The molecule has 1 aliphatic heterocycles. The van der Waals surface area contributed by atoms with Gasteiger partial charge < -0.3 is 10.3 Å². The molecule has 0 unspecified atom stereocenters. The van der Waals surface area contributed by atoms with E-state index in [2.05, 4.69) is 42.3 Å². The first-order chi connectivity index (χ1) is 11.2. The highest BCUT2D eigenvalue weighted by molar-refractivity contribution is 5.99. The molecule has 120 valence electrons. The molecule has 4 heteroatoms. The van der Waals surface area contributed by atoms with Crippen molar-refractivity contribution in [2.45, 2.75) is 38.8 Å². The van der Waals surface area contributed by atoms with E-state index < -0.39 is 0 Å². The molecule has 0 radical (unpaired) electrons. The molecule has 2 aliphatic rings. The lowest BCUT2D eigenvalue weighted by molar-refractivity contribution is -0.118. The van der Waals surface area contributed by atoms with Crippen molar-refractivity contribution in [2.24, 2.45) is 5.73 Å². The number of carbonyl (C=O) groups excluding carboxylic acids is 1. The fraction of sp³-hybridized carbons (Fsp3) is 0.421. The van der Waals surface area contributed by atoms with E-state index in [1.54, 1.807) is 0 Å². The maximum atomic E-state index is 11.4. The monoisotopic (exact) mass is 309 g/mol. The van der Waals surface area contributed by atoms with E-state index in [1.165, 1.54) is 28.5 Å². The van der Waals surface area contributed by atoms with Crippen LogP contribution >= 0.6 is 0 Å². The van der Waals surface area contributed by atoms with Gasteiger partial charge in [0, 0.05) is 29.7 Å². The molecular weight excluding hydrogens is 286 g/mol. The molecule has 1 atom stereocenters. The highest BCUT2D eigenvalue weighted by Gasteiger charge is 2.32. The van der Waals surface area contributed by atoms with E-state index in [1.807, 2.05) is 4.57 Å². The molecule has 0 saturated heterocycles. The molecule has 1 aliphatic carbocycles. The van der Waals surface area contributed by atoms with Gasteiger partial charge in [-0.1, -0.05) is 25.1 Å². The molecule has 1 aromatic heterocycles. The molecule has 1 aromatic carbocycles. The fourth-order valence-corrected chi connectivity index (χ4v) is 4.30. The van der Waals surface area contributed by atoms with Crippen molar-refractivity contribution in [1.29, 1.82) is 0 Å². The van der Waals surface area contributed by atoms with Gasteiger partial charge in [0.25, 0.3) is 0 Å². The number of fused-ring (bicyclic) bond motifs is 2. The van der Waals surface area contributed by atoms with Crippen molar-refractivity contribution >= 4 is 22.4 Å². The second-order valence-electron chi connectivity index (χ2n) is 6.65. The molecule has 2 N–H and O–H groups in total. The van der Waals surface area contributed by atoms with Crippen LogP contribution in [0.3, 0.4) is 0 Å². The van der Waals surface area contributed by atoms with E-state index in [4.69, 9.17) is 5.73 Å². The molecule has 0 fully saturated rings. The Labute approximate surface area is 136 Å². The van der Waals surface area contributed by atoms with Crippen LogP contribution in [0.25, 0.3) is 16.5 Å². The van der Waals surface area contributed by atoms with Gasteiger partial charge in [-0.05, 0) is 48.6 Å². The van der Waals surface area contributed by atoms with Crippen LogP contribution < -0.4 is 5.73 Å². The third-order valence-electron chi connectivity index (χ3n) is 5.13. The summed E-state index contributed by atoms with van der Waals surface area (Å²) in [4.78, 5) is 14.0. The number of carbonyl (C=O) groups is 1. The van der Waals surface area contributed by atoms with Gasteiger partial charge in [-0.15, -0.1) is 0 Å². The maximum Gasteiger partial charge on any atom is 0.237 e. The van der Waals surface area contributed by atoms with Crippen LogP contribution in [0, 0.1) is 0 Å². The normalized spacial score (nSPS) is 20.4. The third kappa shape index (κ3) is 2.29. The standard InChI is InChI=1S/C19H23N3O/c1-2-8-21-9-4-6-14-15-5-3-7-16-19(15)13(10-17(14)21)11-22(16)12-18(20)23/h3,5-7,11,17H,2,4,8-10,12H2,1H3,(H2,20,23)/t17-/m1/s1. The summed E-state index contributed by atoms with van der Waals surface area (Å²) < 4.78 is 2.01. The van der Waals surface area contributed by atoms with Crippen molar-refractivity contribution in [3.8, 4) is 0 Å². The number of hydrogen-bond donors (Lipinski definition) is 1. The lowest BCUT2D eigenvalue weighted by Crippen LogP contribution is -2.42. The van der Waals surface area contributed by atoms with Crippen LogP contribution in [0.5, 0.6) is 0 Å². The minimum absolute atomic E-state index is 0.252. The Hall–Kier alpha value is -2.07. The van der Waals surface area contributed by atoms with Crippen molar-refractivity contribution < 1.29 is 4.79 Å². The van der Waals surface area contributed by atoms with Gasteiger partial charge in [0.15, 0.2) is 0 Å². The first-order valence-electron chi connectivity index (χ1n) is 8.52. The van der Waals surface area contributed by atoms with Gasteiger partial charge >= 0.3 is 0 Å².